The standard InChI is InChI=1S/C15H32N2O/c1-6-9-10-14(16)15(18)17(11-12(4)5)13(7-2)8-3/h12-14H,6-11,16H2,1-5H3/t14-/m0/s1. The predicted octanol–water partition coefficient (Wildman–Crippen LogP) is 3.18. The Kier molecular flexibility index (Phi) is 9.08. The van der Waals surface area contributed by atoms with Crippen molar-refractivity contribution in [1.29, 1.82) is 0 Å². The number of nitrogens with two attached hydrogens (primary N) is 1. The summed E-state index contributed by atoms with van der Waals surface area (Å²) in [7, 11) is 0. The molecule has 0 aromatic heterocycles. The van der Waals surface area contributed by atoms with Crippen LogP contribution in [0.15, 0.2) is 0 Å². The second kappa shape index (κ2) is 9.37. The van der Waals surface area contributed by atoms with E-state index in [0.717, 1.165) is 38.6 Å². The third-order valence-corrected chi connectivity index (χ3v) is 3.41. The Morgan fingerprint density at radius 1 is 1.17 bits per heavy atom. The molecular weight excluding hydrogens is 224 g/mol. The van der Waals surface area contributed by atoms with Crippen LogP contribution in [0.1, 0.15) is 66.7 Å². The SMILES string of the molecule is CCCC[C@H](N)C(=O)N(CC(C)C)C(CC)CC. The molecule has 1 amide bonds. The minimum absolute atomic E-state index is 0.144. The van der Waals surface area contributed by atoms with E-state index in [9.17, 15) is 4.79 Å². The van der Waals surface area contributed by atoms with Gasteiger partial charge in [0.25, 0.3) is 0 Å². The molecule has 108 valence electrons. The van der Waals surface area contributed by atoms with Crippen molar-refractivity contribution in [2.45, 2.75) is 78.8 Å². The van der Waals surface area contributed by atoms with Crippen LogP contribution in [0.25, 0.3) is 0 Å². The molecule has 0 saturated carbocycles. The average Bonchev–Trinajstić information content (AvgIpc) is 2.34. The molecular formula is C15H32N2O. The molecule has 0 aliphatic rings. The van der Waals surface area contributed by atoms with Gasteiger partial charge in [0.15, 0.2) is 0 Å². The number of nitrogens with zero attached hydrogens (tertiary/aromatic N) is 1. The van der Waals surface area contributed by atoms with E-state index in [1.807, 2.05) is 4.90 Å². The van der Waals surface area contributed by atoms with Gasteiger partial charge in [-0.2, -0.15) is 0 Å². The molecule has 18 heavy (non-hydrogen) atoms. The Bertz CT molecular complexity index is 225. The van der Waals surface area contributed by atoms with Crippen molar-refractivity contribution in [1.82, 2.24) is 4.90 Å². The second-order valence-corrected chi connectivity index (χ2v) is 5.60. The topological polar surface area (TPSA) is 46.3 Å². The highest BCUT2D eigenvalue weighted by atomic mass is 16.2. The fourth-order valence-corrected chi connectivity index (χ4v) is 2.30. The van der Waals surface area contributed by atoms with E-state index in [1.54, 1.807) is 0 Å². The predicted molar refractivity (Wildman–Crippen MR) is 78.4 cm³/mol. The van der Waals surface area contributed by atoms with Crippen molar-refractivity contribution in [2.75, 3.05) is 6.54 Å². The van der Waals surface area contributed by atoms with Crippen LogP contribution in [0.5, 0.6) is 0 Å². The Hall–Kier alpha value is -0.570. The summed E-state index contributed by atoms with van der Waals surface area (Å²) < 4.78 is 0. The van der Waals surface area contributed by atoms with E-state index in [1.165, 1.54) is 0 Å². The normalized spacial score (nSPS) is 13.1. The van der Waals surface area contributed by atoms with Crippen molar-refractivity contribution in [3.05, 3.63) is 0 Å². The fourth-order valence-electron chi connectivity index (χ4n) is 2.30. The lowest BCUT2D eigenvalue weighted by Gasteiger charge is -2.34. The molecule has 0 spiro atoms. The zero-order valence-corrected chi connectivity index (χ0v) is 12.9. The largest absolute Gasteiger partial charge is 0.338 e. The van der Waals surface area contributed by atoms with Gasteiger partial charge in [-0.3, -0.25) is 4.79 Å². The number of hydrogen-bond acceptors (Lipinski definition) is 2. The first-order chi connectivity index (χ1) is 8.47. The Morgan fingerprint density at radius 2 is 1.72 bits per heavy atom. The monoisotopic (exact) mass is 256 g/mol. The number of amides is 1. The summed E-state index contributed by atoms with van der Waals surface area (Å²) in [6.45, 7) is 11.5. The van der Waals surface area contributed by atoms with Crippen LogP contribution in [0.4, 0.5) is 0 Å². The number of carbonyl (C=O) groups is 1. The smallest absolute Gasteiger partial charge is 0.239 e. The average molecular weight is 256 g/mol. The molecule has 0 bridgehead atoms. The first kappa shape index (κ1) is 17.4. The lowest BCUT2D eigenvalue weighted by atomic mass is 10.0. The minimum Gasteiger partial charge on any atom is -0.338 e. The molecule has 2 N–H and O–H groups in total. The molecule has 0 radical (unpaired) electrons. The zero-order chi connectivity index (χ0) is 14.1. The van der Waals surface area contributed by atoms with Crippen LogP contribution in [-0.4, -0.2) is 29.4 Å². The highest BCUT2D eigenvalue weighted by molar-refractivity contribution is 5.81. The fraction of sp³-hybridized carbons (Fsp3) is 0.933. The lowest BCUT2D eigenvalue weighted by molar-refractivity contribution is -0.136. The molecule has 0 aromatic carbocycles. The van der Waals surface area contributed by atoms with Gasteiger partial charge in [-0.25, -0.2) is 0 Å². The van der Waals surface area contributed by atoms with Gasteiger partial charge in [-0.15, -0.1) is 0 Å². The van der Waals surface area contributed by atoms with Crippen LogP contribution < -0.4 is 5.73 Å². The first-order valence-electron chi connectivity index (χ1n) is 7.53. The molecule has 3 heteroatoms. The third-order valence-electron chi connectivity index (χ3n) is 3.41. The molecule has 0 aromatic rings. The summed E-state index contributed by atoms with van der Waals surface area (Å²) in [5.74, 6) is 0.638. The van der Waals surface area contributed by atoms with Crippen LogP contribution in [0.2, 0.25) is 0 Å². The van der Waals surface area contributed by atoms with E-state index in [4.69, 9.17) is 5.73 Å². The van der Waals surface area contributed by atoms with Crippen molar-refractivity contribution in [2.24, 2.45) is 11.7 Å². The summed E-state index contributed by atoms with van der Waals surface area (Å²) in [6.07, 6.45) is 4.95. The van der Waals surface area contributed by atoms with Crippen LogP contribution in [0.3, 0.4) is 0 Å². The maximum Gasteiger partial charge on any atom is 0.239 e. The number of unbranched alkanes of at least 4 members (excludes halogenated alkanes) is 1. The van der Waals surface area contributed by atoms with Crippen LogP contribution >= 0.6 is 0 Å². The van der Waals surface area contributed by atoms with Crippen molar-refractivity contribution in [3.8, 4) is 0 Å². The van der Waals surface area contributed by atoms with E-state index < -0.39 is 0 Å². The number of hydrogen-bond donors (Lipinski definition) is 1. The summed E-state index contributed by atoms with van der Waals surface area (Å²) in [4.78, 5) is 14.5. The van der Waals surface area contributed by atoms with E-state index >= 15 is 0 Å². The molecule has 0 aliphatic heterocycles. The Morgan fingerprint density at radius 3 is 2.11 bits per heavy atom. The second-order valence-electron chi connectivity index (χ2n) is 5.60. The van der Waals surface area contributed by atoms with Crippen molar-refractivity contribution < 1.29 is 4.79 Å². The van der Waals surface area contributed by atoms with Gasteiger partial charge in [0.05, 0.1) is 6.04 Å². The highest BCUT2D eigenvalue weighted by Crippen LogP contribution is 2.14. The molecule has 0 fully saturated rings. The molecule has 0 aliphatic carbocycles. The van der Waals surface area contributed by atoms with Gasteiger partial charge in [0.2, 0.25) is 5.91 Å². The summed E-state index contributed by atoms with van der Waals surface area (Å²) in [6, 6.07) is 0.0249. The highest BCUT2D eigenvalue weighted by Gasteiger charge is 2.25. The van der Waals surface area contributed by atoms with Gasteiger partial charge in [-0.1, -0.05) is 47.5 Å². The van der Waals surface area contributed by atoms with Crippen molar-refractivity contribution >= 4 is 5.91 Å². The molecule has 0 unspecified atom stereocenters. The summed E-state index contributed by atoms with van der Waals surface area (Å²) in [5.41, 5.74) is 6.04. The maximum absolute atomic E-state index is 12.4. The molecule has 0 saturated heterocycles. The number of carbonyl (C=O) groups excluding carboxylic acids is 1. The van der Waals surface area contributed by atoms with E-state index in [2.05, 4.69) is 34.6 Å². The molecule has 1 atom stereocenters. The van der Waals surface area contributed by atoms with Gasteiger partial charge < -0.3 is 10.6 Å². The zero-order valence-electron chi connectivity index (χ0n) is 12.9. The van der Waals surface area contributed by atoms with Gasteiger partial charge in [-0.05, 0) is 25.2 Å². The lowest BCUT2D eigenvalue weighted by Crippen LogP contribution is -2.49. The Balaban J connectivity index is 4.66. The summed E-state index contributed by atoms with van der Waals surface area (Å²) >= 11 is 0. The molecule has 3 nitrogen and oxygen atoms in total. The maximum atomic E-state index is 12.4. The minimum atomic E-state index is -0.315. The molecule has 0 heterocycles. The van der Waals surface area contributed by atoms with Gasteiger partial charge >= 0.3 is 0 Å². The number of rotatable bonds is 9. The quantitative estimate of drug-likeness (QED) is 0.688. The van der Waals surface area contributed by atoms with Crippen LogP contribution in [-0.2, 0) is 4.79 Å². The molecule has 0 rings (SSSR count). The Labute approximate surface area is 113 Å². The van der Waals surface area contributed by atoms with E-state index in [0.29, 0.717) is 12.0 Å². The van der Waals surface area contributed by atoms with Crippen LogP contribution in [0, 0.1) is 5.92 Å². The first-order valence-corrected chi connectivity index (χ1v) is 7.53. The van der Waals surface area contributed by atoms with E-state index in [-0.39, 0.29) is 11.9 Å². The van der Waals surface area contributed by atoms with Gasteiger partial charge in [0.1, 0.15) is 0 Å². The van der Waals surface area contributed by atoms with Gasteiger partial charge in [0, 0.05) is 12.6 Å². The van der Waals surface area contributed by atoms with Crippen molar-refractivity contribution in [3.63, 3.8) is 0 Å². The summed E-state index contributed by atoms with van der Waals surface area (Å²) in [5, 5.41) is 0. The third kappa shape index (κ3) is 5.85.